The molecule has 8 heteroatoms. The molecule has 166 valence electrons. The molecule has 0 aromatic carbocycles. The number of hydrogen-bond acceptors (Lipinski definition) is 8. The summed E-state index contributed by atoms with van der Waals surface area (Å²) in [6.45, 7) is 20.6. The lowest BCUT2D eigenvalue weighted by Crippen LogP contribution is -2.09. The Kier molecular flexibility index (Phi) is 16.4. The van der Waals surface area contributed by atoms with Crippen molar-refractivity contribution < 1.29 is 38.4 Å². The fraction of sp³-hybridized carbons (Fsp3) is 0.571. The van der Waals surface area contributed by atoms with Crippen molar-refractivity contribution in [1.82, 2.24) is 0 Å². The molecule has 1 saturated heterocycles. The van der Waals surface area contributed by atoms with Crippen molar-refractivity contribution in [1.29, 1.82) is 0 Å². The molecule has 1 unspecified atom stereocenters. The van der Waals surface area contributed by atoms with E-state index in [0.717, 1.165) is 0 Å². The zero-order valence-electron chi connectivity index (χ0n) is 18.1. The van der Waals surface area contributed by atoms with Gasteiger partial charge in [0.15, 0.2) is 0 Å². The van der Waals surface area contributed by atoms with E-state index in [4.69, 9.17) is 19.3 Å². The van der Waals surface area contributed by atoms with Crippen LogP contribution in [0.5, 0.6) is 0 Å². The van der Waals surface area contributed by atoms with Crippen molar-refractivity contribution in [3.8, 4) is 0 Å². The van der Waals surface area contributed by atoms with Crippen LogP contribution in [0.3, 0.4) is 0 Å². The number of ether oxygens (including phenoxy) is 4. The molecule has 0 spiro atoms. The summed E-state index contributed by atoms with van der Waals surface area (Å²) in [7, 11) is 0. The number of hydrogen-bond donors (Lipinski definition) is 1. The van der Waals surface area contributed by atoms with Gasteiger partial charge in [0.25, 0.3) is 0 Å². The van der Waals surface area contributed by atoms with Gasteiger partial charge in [0.1, 0.15) is 12.7 Å². The van der Waals surface area contributed by atoms with Gasteiger partial charge in [0.2, 0.25) is 0 Å². The normalized spacial score (nSPS) is 13.6. The van der Waals surface area contributed by atoms with Gasteiger partial charge in [-0.2, -0.15) is 0 Å². The fourth-order valence-corrected chi connectivity index (χ4v) is 1.12. The Morgan fingerprint density at radius 3 is 1.83 bits per heavy atom. The summed E-state index contributed by atoms with van der Waals surface area (Å²) in [5.74, 6) is -0.771. The van der Waals surface area contributed by atoms with Crippen molar-refractivity contribution in [3.05, 3.63) is 36.5 Å². The van der Waals surface area contributed by atoms with Crippen molar-refractivity contribution in [3.63, 3.8) is 0 Å². The number of epoxide rings is 1. The third kappa shape index (κ3) is 18.7. The number of carbonyl (C=O) groups excluding carboxylic acids is 3. The molecule has 0 aromatic rings. The molecule has 1 atom stereocenters. The van der Waals surface area contributed by atoms with Crippen molar-refractivity contribution >= 4 is 17.9 Å². The van der Waals surface area contributed by atoms with Crippen LogP contribution in [-0.2, 0) is 33.3 Å². The molecule has 1 rings (SSSR count). The van der Waals surface area contributed by atoms with E-state index in [2.05, 4.69) is 24.5 Å². The first kappa shape index (κ1) is 28.8. The number of aliphatic hydroxyl groups is 1. The second-order valence-corrected chi connectivity index (χ2v) is 6.59. The largest absolute Gasteiger partial charge is 0.463 e. The first-order valence-electron chi connectivity index (χ1n) is 9.18. The van der Waals surface area contributed by atoms with E-state index in [1.54, 1.807) is 20.8 Å². The average molecular weight is 414 g/mol. The minimum atomic E-state index is -0.528. The summed E-state index contributed by atoms with van der Waals surface area (Å²) in [5.41, 5.74) is 0.984. The Balaban J connectivity index is 0. The number of esters is 3. The number of aliphatic hydroxyl groups excluding tert-OH is 1. The van der Waals surface area contributed by atoms with Crippen LogP contribution in [0, 0.1) is 5.92 Å². The molecule has 1 N–H and O–H groups in total. The summed E-state index contributed by atoms with van der Waals surface area (Å²) < 4.78 is 18.9. The first-order chi connectivity index (χ1) is 13.5. The van der Waals surface area contributed by atoms with Crippen molar-refractivity contribution in [2.45, 2.75) is 40.7 Å². The molecule has 0 bridgehead atoms. The highest BCUT2D eigenvalue weighted by Gasteiger charge is 2.24. The molecule has 1 heterocycles. The molecular formula is C21H34O8. The molecule has 1 aliphatic heterocycles. The zero-order chi connectivity index (χ0) is 23.0. The van der Waals surface area contributed by atoms with Crippen LogP contribution in [0.15, 0.2) is 36.5 Å². The standard InChI is InChI=1S/C8H14O2.C7H10O3.C6H10O3/c1-6(2)5-10-8(9)7(3)4;1-5(2)7(8)10-4-6-3-9-6;1-3-9-6(8)5(2)4-7/h6H,3,5H2,1-2,4H3;6H,1,3-4H2,2H3;7H,2-4H2,1H3. The van der Waals surface area contributed by atoms with E-state index in [0.29, 0.717) is 43.5 Å². The average Bonchev–Trinajstić information content (AvgIpc) is 3.48. The number of rotatable bonds is 9. The molecule has 8 nitrogen and oxygen atoms in total. The van der Waals surface area contributed by atoms with Crippen LogP contribution in [0.25, 0.3) is 0 Å². The van der Waals surface area contributed by atoms with Gasteiger partial charge < -0.3 is 24.1 Å². The second kappa shape index (κ2) is 16.5. The molecule has 0 saturated carbocycles. The predicted molar refractivity (Wildman–Crippen MR) is 109 cm³/mol. The Morgan fingerprint density at radius 1 is 1.00 bits per heavy atom. The van der Waals surface area contributed by atoms with Crippen molar-refractivity contribution in [2.75, 3.05) is 33.0 Å². The highest BCUT2D eigenvalue weighted by atomic mass is 16.6. The lowest BCUT2D eigenvalue weighted by molar-refractivity contribution is -0.140. The molecule has 1 fully saturated rings. The third-order valence-corrected chi connectivity index (χ3v) is 2.80. The van der Waals surface area contributed by atoms with Crippen LogP contribution in [0.4, 0.5) is 0 Å². The van der Waals surface area contributed by atoms with Gasteiger partial charge in [-0.1, -0.05) is 33.6 Å². The summed E-state index contributed by atoms with van der Waals surface area (Å²) in [4.78, 5) is 31.9. The maximum Gasteiger partial charge on any atom is 0.335 e. The van der Waals surface area contributed by atoms with E-state index < -0.39 is 5.97 Å². The van der Waals surface area contributed by atoms with Crippen LogP contribution >= 0.6 is 0 Å². The van der Waals surface area contributed by atoms with Crippen molar-refractivity contribution in [2.24, 2.45) is 5.92 Å². The minimum Gasteiger partial charge on any atom is -0.463 e. The maximum absolute atomic E-state index is 10.7. The van der Waals surface area contributed by atoms with Gasteiger partial charge in [-0.15, -0.1) is 0 Å². The first-order valence-corrected chi connectivity index (χ1v) is 9.18. The molecule has 0 amide bonds. The Hall–Kier alpha value is -2.45. The highest BCUT2D eigenvalue weighted by Crippen LogP contribution is 2.09. The van der Waals surface area contributed by atoms with Crippen LogP contribution in [-0.4, -0.2) is 62.2 Å². The quantitative estimate of drug-likeness (QED) is 0.265. The summed E-state index contributed by atoms with van der Waals surface area (Å²) in [5, 5.41) is 8.33. The SMILES string of the molecule is C=C(C)C(=O)OCC(C)C.C=C(C)C(=O)OCC1CO1.C=C(CO)C(=O)OCC. The summed E-state index contributed by atoms with van der Waals surface area (Å²) >= 11 is 0. The van der Waals surface area contributed by atoms with Crippen LogP contribution < -0.4 is 0 Å². The van der Waals surface area contributed by atoms with Gasteiger partial charge in [-0.3, -0.25) is 0 Å². The van der Waals surface area contributed by atoms with Crippen LogP contribution in [0.2, 0.25) is 0 Å². The van der Waals surface area contributed by atoms with E-state index in [1.807, 2.05) is 13.8 Å². The van der Waals surface area contributed by atoms with E-state index >= 15 is 0 Å². The lowest BCUT2D eigenvalue weighted by Gasteiger charge is -2.05. The lowest BCUT2D eigenvalue weighted by atomic mass is 10.2. The van der Waals surface area contributed by atoms with Gasteiger partial charge in [0.05, 0.1) is 32.0 Å². The molecular weight excluding hydrogens is 380 g/mol. The van der Waals surface area contributed by atoms with E-state index in [1.165, 1.54) is 0 Å². The highest BCUT2D eigenvalue weighted by molar-refractivity contribution is 5.88. The Labute approximate surface area is 173 Å². The van der Waals surface area contributed by atoms with Gasteiger partial charge in [-0.05, 0) is 26.7 Å². The Bertz CT molecular complexity index is 545. The minimum absolute atomic E-state index is 0.0943. The summed E-state index contributed by atoms with van der Waals surface area (Å²) in [6, 6.07) is 0. The second-order valence-electron chi connectivity index (χ2n) is 6.59. The smallest absolute Gasteiger partial charge is 0.335 e. The maximum atomic E-state index is 10.7. The molecule has 0 aliphatic carbocycles. The third-order valence-electron chi connectivity index (χ3n) is 2.80. The topological polar surface area (TPSA) is 112 Å². The fourth-order valence-electron chi connectivity index (χ4n) is 1.12. The molecule has 0 radical (unpaired) electrons. The van der Waals surface area contributed by atoms with Gasteiger partial charge >= 0.3 is 17.9 Å². The predicted octanol–water partition coefficient (Wildman–Crippen LogP) is 2.36. The van der Waals surface area contributed by atoms with Gasteiger partial charge in [-0.25, -0.2) is 14.4 Å². The molecule has 1 aliphatic rings. The monoisotopic (exact) mass is 414 g/mol. The Morgan fingerprint density at radius 2 is 1.48 bits per heavy atom. The molecule has 29 heavy (non-hydrogen) atoms. The van der Waals surface area contributed by atoms with E-state index in [-0.39, 0.29) is 30.2 Å². The molecule has 0 aromatic heterocycles. The number of carbonyl (C=O) groups is 3. The van der Waals surface area contributed by atoms with Gasteiger partial charge in [0, 0.05) is 11.1 Å². The summed E-state index contributed by atoms with van der Waals surface area (Å²) in [6.07, 6.45) is 0.142. The van der Waals surface area contributed by atoms with Crippen LogP contribution in [0.1, 0.15) is 34.6 Å². The zero-order valence-corrected chi connectivity index (χ0v) is 18.1. The van der Waals surface area contributed by atoms with E-state index in [9.17, 15) is 14.4 Å².